The molecule has 1 atom stereocenters. The Balaban J connectivity index is 1.18. The van der Waals surface area contributed by atoms with Crippen molar-refractivity contribution in [3.05, 3.63) is 36.0 Å². The average Bonchev–Trinajstić information content (AvgIpc) is 3.51. The van der Waals surface area contributed by atoms with Gasteiger partial charge >= 0.3 is 0 Å². The second kappa shape index (κ2) is 7.46. The van der Waals surface area contributed by atoms with Crippen LogP contribution >= 0.6 is 0 Å². The van der Waals surface area contributed by atoms with Gasteiger partial charge in [-0.2, -0.15) is 5.26 Å². The maximum atomic E-state index is 9.49. The number of nitriles is 1. The van der Waals surface area contributed by atoms with E-state index < -0.39 is 0 Å². The fourth-order valence-electron chi connectivity index (χ4n) is 6.70. The monoisotopic (exact) mass is 415 g/mol. The SMILES string of the molecule is N#Cc1ccc(N2CC(CN3CCC4(CCNCC4)CC3)C3(CC3)C2)c2cccnc12. The zero-order chi connectivity index (χ0) is 20.9. The summed E-state index contributed by atoms with van der Waals surface area (Å²) in [7, 11) is 0. The number of hydrogen-bond donors (Lipinski definition) is 1. The van der Waals surface area contributed by atoms with E-state index >= 15 is 0 Å². The largest absolute Gasteiger partial charge is 0.370 e. The molecule has 5 heteroatoms. The second-order valence-corrected chi connectivity index (χ2v) is 10.6. The van der Waals surface area contributed by atoms with Crippen molar-refractivity contribution in [2.75, 3.05) is 50.7 Å². The van der Waals surface area contributed by atoms with Crippen LogP contribution in [0.15, 0.2) is 30.5 Å². The van der Waals surface area contributed by atoms with Crippen LogP contribution in [0, 0.1) is 28.1 Å². The molecule has 6 rings (SSSR count). The zero-order valence-electron chi connectivity index (χ0n) is 18.4. The molecule has 1 aliphatic carbocycles. The maximum Gasteiger partial charge on any atom is 0.101 e. The predicted octanol–water partition coefficient (Wildman–Crippen LogP) is 3.79. The first-order chi connectivity index (χ1) is 15.2. The summed E-state index contributed by atoms with van der Waals surface area (Å²) >= 11 is 0. The number of aromatic nitrogens is 1. The van der Waals surface area contributed by atoms with E-state index in [1.54, 1.807) is 6.20 Å². The summed E-state index contributed by atoms with van der Waals surface area (Å²) < 4.78 is 0. The van der Waals surface area contributed by atoms with Gasteiger partial charge in [0.05, 0.1) is 11.1 Å². The summed E-state index contributed by atoms with van der Waals surface area (Å²) in [5.41, 5.74) is 3.94. The van der Waals surface area contributed by atoms with Gasteiger partial charge in [-0.15, -0.1) is 0 Å². The van der Waals surface area contributed by atoms with Gasteiger partial charge in [-0.25, -0.2) is 0 Å². The summed E-state index contributed by atoms with van der Waals surface area (Å²) in [6, 6.07) is 10.6. The number of pyridine rings is 1. The third-order valence-electron chi connectivity index (χ3n) is 8.97. The Morgan fingerprint density at radius 1 is 1.06 bits per heavy atom. The molecule has 2 aromatic rings. The third kappa shape index (κ3) is 3.41. The van der Waals surface area contributed by atoms with Crippen LogP contribution in [0.3, 0.4) is 0 Å². The minimum Gasteiger partial charge on any atom is -0.370 e. The maximum absolute atomic E-state index is 9.49. The van der Waals surface area contributed by atoms with E-state index in [0.717, 1.165) is 29.9 Å². The Morgan fingerprint density at radius 3 is 2.61 bits per heavy atom. The molecule has 3 saturated heterocycles. The van der Waals surface area contributed by atoms with Crippen molar-refractivity contribution in [2.24, 2.45) is 16.7 Å². The van der Waals surface area contributed by atoms with E-state index in [9.17, 15) is 5.26 Å². The molecule has 162 valence electrons. The van der Waals surface area contributed by atoms with Gasteiger partial charge in [0, 0.05) is 36.9 Å². The molecule has 1 unspecified atom stereocenters. The molecule has 1 aromatic carbocycles. The van der Waals surface area contributed by atoms with Gasteiger partial charge in [0.2, 0.25) is 0 Å². The quantitative estimate of drug-likeness (QED) is 0.827. The van der Waals surface area contributed by atoms with Crippen LogP contribution in [-0.4, -0.2) is 55.7 Å². The van der Waals surface area contributed by atoms with Crippen molar-refractivity contribution in [1.29, 1.82) is 5.26 Å². The summed E-state index contributed by atoms with van der Waals surface area (Å²) in [6.07, 6.45) is 10.1. The molecule has 2 spiro atoms. The molecular formula is C26H33N5. The molecule has 1 saturated carbocycles. The van der Waals surface area contributed by atoms with Crippen LogP contribution in [0.2, 0.25) is 0 Å². The first kappa shape index (κ1) is 19.5. The number of likely N-dealkylation sites (tertiary alicyclic amines) is 1. The minimum atomic E-state index is 0.520. The highest BCUT2D eigenvalue weighted by molar-refractivity contribution is 5.95. The summed E-state index contributed by atoms with van der Waals surface area (Å²) in [4.78, 5) is 9.90. The minimum absolute atomic E-state index is 0.520. The normalized spacial score (nSPS) is 27.1. The number of fused-ring (bicyclic) bond motifs is 1. The first-order valence-electron chi connectivity index (χ1n) is 12.2. The number of anilines is 1. The van der Waals surface area contributed by atoms with Crippen molar-refractivity contribution in [3.8, 4) is 6.07 Å². The van der Waals surface area contributed by atoms with E-state index in [1.807, 2.05) is 12.1 Å². The van der Waals surface area contributed by atoms with Crippen LogP contribution in [0.25, 0.3) is 10.9 Å². The van der Waals surface area contributed by atoms with Gasteiger partial charge in [-0.3, -0.25) is 4.98 Å². The molecular weight excluding hydrogens is 382 g/mol. The van der Waals surface area contributed by atoms with E-state index in [0.29, 0.717) is 16.4 Å². The van der Waals surface area contributed by atoms with Crippen LogP contribution < -0.4 is 10.2 Å². The van der Waals surface area contributed by atoms with Crippen LogP contribution in [-0.2, 0) is 0 Å². The third-order valence-corrected chi connectivity index (χ3v) is 8.97. The highest BCUT2D eigenvalue weighted by atomic mass is 15.2. The Hall–Kier alpha value is -2.16. The van der Waals surface area contributed by atoms with Crippen LogP contribution in [0.5, 0.6) is 0 Å². The van der Waals surface area contributed by atoms with Crippen molar-refractivity contribution < 1.29 is 0 Å². The number of nitrogens with zero attached hydrogens (tertiary/aromatic N) is 4. The predicted molar refractivity (Wildman–Crippen MR) is 124 cm³/mol. The topological polar surface area (TPSA) is 55.2 Å². The lowest BCUT2D eigenvalue weighted by Gasteiger charge is -2.45. The second-order valence-electron chi connectivity index (χ2n) is 10.6. The van der Waals surface area contributed by atoms with Crippen molar-refractivity contribution in [3.63, 3.8) is 0 Å². The molecule has 3 aliphatic heterocycles. The Labute approximate surface area is 185 Å². The lowest BCUT2D eigenvalue weighted by atomic mass is 9.71. The molecule has 0 radical (unpaired) electrons. The number of rotatable bonds is 3. The highest BCUT2D eigenvalue weighted by Crippen LogP contribution is 2.57. The van der Waals surface area contributed by atoms with E-state index in [-0.39, 0.29) is 0 Å². The molecule has 4 aliphatic rings. The Bertz CT molecular complexity index is 1000. The number of piperidine rings is 2. The van der Waals surface area contributed by atoms with Gasteiger partial charge in [0.15, 0.2) is 0 Å². The van der Waals surface area contributed by atoms with Crippen LogP contribution in [0.1, 0.15) is 44.1 Å². The zero-order valence-corrected chi connectivity index (χ0v) is 18.4. The van der Waals surface area contributed by atoms with Gasteiger partial charge in [-0.1, -0.05) is 0 Å². The van der Waals surface area contributed by atoms with Crippen molar-refractivity contribution in [2.45, 2.75) is 38.5 Å². The molecule has 4 heterocycles. The summed E-state index contributed by atoms with van der Waals surface area (Å²) in [6.45, 7) is 8.57. The fraction of sp³-hybridized carbons (Fsp3) is 0.615. The molecule has 1 aromatic heterocycles. The molecule has 1 N–H and O–H groups in total. The number of benzene rings is 1. The molecule has 31 heavy (non-hydrogen) atoms. The molecule has 5 nitrogen and oxygen atoms in total. The van der Waals surface area contributed by atoms with E-state index in [4.69, 9.17) is 0 Å². The molecule has 4 fully saturated rings. The highest BCUT2D eigenvalue weighted by Gasteiger charge is 2.55. The molecule has 0 bridgehead atoms. The lowest BCUT2D eigenvalue weighted by molar-refractivity contribution is 0.0618. The molecule has 0 amide bonds. The van der Waals surface area contributed by atoms with Crippen molar-refractivity contribution >= 4 is 16.6 Å². The van der Waals surface area contributed by atoms with Gasteiger partial charge in [0.25, 0.3) is 0 Å². The smallest absolute Gasteiger partial charge is 0.101 e. The Kier molecular flexibility index (Phi) is 4.70. The van der Waals surface area contributed by atoms with Gasteiger partial charge in [-0.05, 0) is 106 Å². The Morgan fingerprint density at radius 2 is 1.87 bits per heavy atom. The van der Waals surface area contributed by atoms with Crippen molar-refractivity contribution in [1.82, 2.24) is 15.2 Å². The standard InChI is InChI=1S/C26H33N5/c27-16-20-3-4-23(22-2-1-11-29-24(20)22)31-18-21(26(19-31)5-6-26)17-30-14-9-25(10-15-30)7-12-28-13-8-25/h1-4,11,21,28H,5-10,12-15,17-19H2. The van der Waals surface area contributed by atoms with E-state index in [2.05, 4.69) is 38.3 Å². The number of nitrogens with one attached hydrogen (secondary N) is 1. The van der Waals surface area contributed by atoms with Gasteiger partial charge < -0.3 is 15.1 Å². The number of hydrogen-bond acceptors (Lipinski definition) is 5. The van der Waals surface area contributed by atoms with Crippen LogP contribution in [0.4, 0.5) is 5.69 Å². The summed E-state index contributed by atoms with van der Waals surface area (Å²) in [5, 5.41) is 14.2. The lowest BCUT2D eigenvalue weighted by Crippen LogP contribution is -2.47. The van der Waals surface area contributed by atoms with Gasteiger partial charge in [0.1, 0.15) is 6.07 Å². The average molecular weight is 416 g/mol. The first-order valence-corrected chi connectivity index (χ1v) is 12.2. The van der Waals surface area contributed by atoms with E-state index in [1.165, 1.54) is 76.9 Å². The summed E-state index contributed by atoms with van der Waals surface area (Å²) in [5.74, 6) is 0.761. The fourth-order valence-corrected chi connectivity index (χ4v) is 6.70.